The van der Waals surface area contributed by atoms with Gasteiger partial charge in [0.15, 0.2) is 0 Å². The Labute approximate surface area is 77.0 Å². The van der Waals surface area contributed by atoms with Gasteiger partial charge >= 0.3 is 0 Å². The van der Waals surface area contributed by atoms with E-state index in [2.05, 4.69) is 5.32 Å². The van der Waals surface area contributed by atoms with Crippen LogP contribution in [0.2, 0.25) is 0 Å². The Morgan fingerprint density at radius 2 is 1.85 bits per heavy atom. The number of hydrogen-bond acceptors (Lipinski definition) is 6. The molecule has 0 aromatic carbocycles. The van der Waals surface area contributed by atoms with Crippen molar-refractivity contribution in [1.82, 2.24) is 5.32 Å². The average molecular weight is 194 g/mol. The number of nitrogens with one attached hydrogen (secondary N) is 1. The molecule has 6 nitrogen and oxygen atoms in total. The van der Waals surface area contributed by atoms with E-state index in [1.807, 2.05) is 0 Å². The van der Waals surface area contributed by atoms with Crippen LogP contribution >= 0.6 is 0 Å². The van der Waals surface area contributed by atoms with E-state index in [-0.39, 0.29) is 19.8 Å². The first-order valence-electron chi connectivity index (χ1n) is 4.06. The van der Waals surface area contributed by atoms with E-state index < -0.39 is 17.9 Å². The molecule has 0 fully saturated rings. The Hall–Kier alpha value is -0.240. The van der Waals surface area contributed by atoms with Crippen molar-refractivity contribution in [2.45, 2.75) is 18.9 Å². The van der Waals surface area contributed by atoms with Crippen LogP contribution in [-0.4, -0.2) is 52.1 Å². The number of aliphatic hydroxyl groups is 4. The molecule has 0 aliphatic carbocycles. The molecule has 0 heterocycles. The highest BCUT2D eigenvalue weighted by atomic mass is 16.3. The molecule has 0 saturated heterocycles. The molecule has 0 spiro atoms. The molecule has 0 rings (SSSR count). The highest BCUT2D eigenvalue weighted by molar-refractivity contribution is 4.75. The van der Waals surface area contributed by atoms with Crippen LogP contribution in [-0.2, 0) is 0 Å². The fraction of sp³-hybridized carbons (Fsp3) is 1.00. The van der Waals surface area contributed by atoms with Gasteiger partial charge in [-0.2, -0.15) is 0 Å². The number of nitrogens with two attached hydrogens (primary N) is 1. The Bertz CT molecular complexity index is 138. The summed E-state index contributed by atoms with van der Waals surface area (Å²) in [6.45, 7) is 0.576. The molecule has 2 atom stereocenters. The Kier molecular flexibility index (Phi) is 5.38. The maximum atomic E-state index is 9.37. The smallest absolute Gasteiger partial charge is 0.127 e. The van der Waals surface area contributed by atoms with Crippen LogP contribution in [0.15, 0.2) is 0 Å². The second kappa shape index (κ2) is 5.48. The van der Waals surface area contributed by atoms with Crippen LogP contribution in [0.1, 0.15) is 6.92 Å². The van der Waals surface area contributed by atoms with Crippen LogP contribution in [0.4, 0.5) is 0 Å². The summed E-state index contributed by atoms with van der Waals surface area (Å²) in [7, 11) is 0. The van der Waals surface area contributed by atoms with Gasteiger partial charge in [-0.1, -0.05) is 0 Å². The second-order valence-electron chi connectivity index (χ2n) is 3.19. The third-order valence-electron chi connectivity index (χ3n) is 1.77. The molecule has 0 saturated carbocycles. The molecule has 13 heavy (non-hydrogen) atoms. The van der Waals surface area contributed by atoms with E-state index >= 15 is 0 Å². The molecule has 0 aliphatic heterocycles. The van der Waals surface area contributed by atoms with E-state index in [9.17, 15) is 10.2 Å². The lowest BCUT2D eigenvalue weighted by molar-refractivity contribution is -0.0652. The molecular weight excluding hydrogens is 176 g/mol. The van der Waals surface area contributed by atoms with Gasteiger partial charge in [-0.05, 0) is 6.92 Å². The zero-order valence-corrected chi connectivity index (χ0v) is 7.64. The number of hydrogen-bond donors (Lipinski definition) is 6. The highest BCUT2D eigenvalue weighted by Crippen LogP contribution is 2.04. The van der Waals surface area contributed by atoms with Gasteiger partial charge in [0.1, 0.15) is 12.0 Å². The first-order valence-corrected chi connectivity index (χ1v) is 4.06. The van der Waals surface area contributed by atoms with Crippen molar-refractivity contribution < 1.29 is 20.4 Å². The zero-order valence-electron chi connectivity index (χ0n) is 7.64. The Morgan fingerprint density at radius 3 is 2.15 bits per heavy atom. The maximum Gasteiger partial charge on any atom is 0.127 e. The van der Waals surface area contributed by atoms with Crippen molar-refractivity contribution >= 4 is 0 Å². The summed E-state index contributed by atoms with van der Waals surface area (Å²) in [5.74, 6) is -0.724. The zero-order chi connectivity index (χ0) is 10.5. The molecule has 0 radical (unpaired) electrons. The summed E-state index contributed by atoms with van der Waals surface area (Å²) in [6, 6.07) is 0. The standard InChI is InChI=1S/C7H18N2O4/c1-7(13,4-8)9-6(12)5(2-10)3-11/h5-6,9-13H,2-4,8H2,1H3. The fourth-order valence-corrected chi connectivity index (χ4v) is 0.753. The summed E-state index contributed by atoms with van der Waals surface area (Å²) in [4.78, 5) is 0. The minimum atomic E-state index is -1.40. The van der Waals surface area contributed by atoms with Crippen molar-refractivity contribution in [2.24, 2.45) is 11.7 Å². The van der Waals surface area contributed by atoms with Gasteiger partial charge < -0.3 is 26.2 Å². The topological polar surface area (TPSA) is 119 Å². The van der Waals surface area contributed by atoms with Gasteiger partial charge in [0.25, 0.3) is 0 Å². The van der Waals surface area contributed by atoms with E-state index in [1.165, 1.54) is 6.92 Å². The van der Waals surface area contributed by atoms with Gasteiger partial charge in [-0.25, -0.2) is 0 Å². The Balaban J connectivity index is 4.04. The van der Waals surface area contributed by atoms with Gasteiger partial charge in [0.2, 0.25) is 0 Å². The molecular formula is C7H18N2O4. The SMILES string of the molecule is CC(O)(CN)NC(O)C(CO)CO. The van der Waals surface area contributed by atoms with Gasteiger partial charge in [0.05, 0.1) is 13.2 Å². The largest absolute Gasteiger partial charge is 0.396 e. The van der Waals surface area contributed by atoms with Crippen LogP contribution in [0.25, 0.3) is 0 Å². The van der Waals surface area contributed by atoms with Crippen molar-refractivity contribution in [3.05, 3.63) is 0 Å². The molecule has 0 aliphatic rings. The van der Waals surface area contributed by atoms with Gasteiger partial charge in [-0.15, -0.1) is 0 Å². The quantitative estimate of drug-likeness (QED) is 0.254. The minimum absolute atomic E-state index is 0.0758. The van der Waals surface area contributed by atoms with Crippen molar-refractivity contribution in [3.63, 3.8) is 0 Å². The van der Waals surface area contributed by atoms with Gasteiger partial charge in [0, 0.05) is 12.5 Å². The van der Waals surface area contributed by atoms with E-state index in [4.69, 9.17) is 15.9 Å². The maximum absolute atomic E-state index is 9.37. The lowest BCUT2D eigenvalue weighted by Crippen LogP contribution is -2.56. The van der Waals surface area contributed by atoms with E-state index in [0.717, 1.165) is 0 Å². The van der Waals surface area contributed by atoms with Gasteiger partial charge in [-0.3, -0.25) is 5.32 Å². The summed E-state index contributed by atoms with van der Waals surface area (Å²) >= 11 is 0. The predicted octanol–water partition coefficient (Wildman–Crippen LogP) is -2.84. The third-order valence-corrected chi connectivity index (χ3v) is 1.77. The van der Waals surface area contributed by atoms with Crippen LogP contribution < -0.4 is 11.1 Å². The van der Waals surface area contributed by atoms with E-state index in [1.54, 1.807) is 0 Å². The lowest BCUT2D eigenvalue weighted by Gasteiger charge is -2.29. The highest BCUT2D eigenvalue weighted by Gasteiger charge is 2.26. The molecule has 80 valence electrons. The molecule has 0 amide bonds. The first kappa shape index (κ1) is 12.8. The Morgan fingerprint density at radius 1 is 1.38 bits per heavy atom. The monoisotopic (exact) mass is 194 g/mol. The second-order valence-corrected chi connectivity index (χ2v) is 3.19. The molecule has 7 N–H and O–H groups in total. The van der Waals surface area contributed by atoms with Crippen LogP contribution in [0.3, 0.4) is 0 Å². The van der Waals surface area contributed by atoms with E-state index in [0.29, 0.717) is 0 Å². The van der Waals surface area contributed by atoms with Crippen LogP contribution in [0, 0.1) is 5.92 Å². The molecule has 0 bridgehead atoms. The predicted molar refractivity (Wildman–Crippen MR) is 46.5 cm³/mol. The van der Waals surface area contributed by atoms with Crippen LogP contribution in [0.5, 0.6) is 0 Å². The molecule has 2 unspecified atom stereocenters. The van der Waals surface area contributed by atoms with Crippen molar-refractivity contribution in [3.8, 4) is 0 Å². The summed E-state index contributed by atoms with van der Waals surface area (Å²) in [5.41, 5.74) is 3.79. The summed E-state index contributed by atoms with van der Waals surface area (Å²) < 4.78 is 0. The van der Waals surface area contributed by atoms with Crippen molar-refractivity contribution in [1.29, 1.82) is 0 Å². The molecule has 0 aromatic heterocycles. The minimum Gasteiger partial charge on any atom is -0.396 e. The van der Waals surface area contributed by atoms with Crippen molar-refractivity contribution in [2.75, 3.05) is 19.8 Å². The summed E-state index contributed by atoms with van der Waals surface area (Å²) in [6.07, 6.45) is -1.19. The normalized spacial score (nSPS) is 18.7. The lowest BCUT2D eigenvalue weighted by atomic mass is 10.1. The number of aliphatic hydroxyl groups excluding tert-OH is 3. The first-order chi connectivity index (χ1) is 5.96. The fourth-order valence-electron chi connectivity index (χ4n) is 0.753. The third kappa shape index (κ3) is 4.51. The average Bonchev–Trinajstić information content (AvgIpc) is 2.06. The molecule has 0 aromatic rings. The summed E-state index contributed by atoms with van der Waals surface area (Å²) in [5, 5.41) is 38.5. The number of rotatable bonds is 6. The molecule has 6 heteroatoms.